The van der Waals surface area contributed by atoms with E-state index >= 15 is 0 Å². The van der Waals surface area contributed by atoms with Crippen LogP contribution >= 0.6 is 0 Å². The van der Waals surface area contributed by atoms with Gasteiger partial charge >= 0.3 is 11.9 Å². The molecule has 0 bridgehead atoms. The van der Waals surface area contributed by atoms with E-state index in [2.05, 4.69) is 15.1 Å². The zero-order valence-electron chi connectivity index (χ0n) is 17.5. The molecule has 3 aromatic heterocycles. The van der Waals surface area contributed by atoms with E-state index in [0.29, 0.717) is 28.2 Å². The number of pyridine rings is 1. The molecular weight excluding hydrogens is 390 g/mol. The molecule has 0 aliphatic carbocycles. The molecule has 3 heterocycles. The topological polar surface area (TPSA) is 124 Å². The van der Waals surface area contributed by atoms with Gasteiger partial charge in [0.05, 0.1) is 34.4 Å². The van der Waals surface area contributed by atoms with Gasteiger partial charge in [0.2, 0.25) is 5.78 Å². The number of fused-ring (bicyclic) bond motifs is 1. The van der Waals surface area contributed by atoms with Gasteiger partial charge in [-0.05, 0) is 32.8 Å². The molecule has 0 aliphatic rings. The Morgan fingerprint density at radius 1 is 1.10 bits per heavy atom. The molecule has 0 aromatic carbocycles. The maximum atomic E-state index is 12.7. The molecule has 3 aromatic rings. The van der Waals surface area contributed by atoms with Crippen LogP contribution in [0.4, 0.5) is 0 Å². The lowest BCUT2D eigenvalue weighted by Crippen LogP contribution is -2.18. The largest absolute Gasteiger partial charge is 0.462 e. The number of hydrogen-bond donors (Lipinski definition) is 1. The highest BCUT2D eigenvalue weighted by Crippen LogP contribution is 2.24. The molecule has 0 saturated carbocycles. The van der Waals surface area contributed by atoms with Gasteiger partial charge in [-0.25, -0.2) is 14.6 Å². The molecule has 30 heavy (non-hydrogen) atoms. The van der Waals surface area contributed by atoms with Gasteiger partial charge in [0.1, 0.15) is 0 Å². The van der Waals surface area contributed by atoms with Crippen LogP contribution in [-0.2, 0) is 9.47 Å². The van der Waals surface area contributed by atoms with Gasteiger partial charge in [-0.15, -0.1) is 0 Å². The van der Waals surface area contributed by atoms with Crippen molar-refractivity contribution in [3.63, 3.8) is 0 Å². The van der Waals surface area contributed by atoms with Crippen molar-refractivity contribution < 1.29 is 28.4 Å². The van der Waals surface area contributed by atoms with E-state index in [1.54, 1.807) is 26.8 Å². The number of nitrogens with one attached hydrogen (secondary N) is 1. The second-order valence-electron chi connectivity index (χ2n) is 7.14. The van der Waals surface area contributed by atoms with Crippen LogP contribution in [0.1, 0.15) is 74.8 Å². The molecule has 0 amide bonds. The average molecular weight is 413 g/mol. The number of hydrogen-bond acceptors (Lipinski definition) is 8. The standard InChI is InChI=1S/C21H23N3O6/c1-6-28-21(27)17-12(5)23-11(4)16(17)15(25)9-29-20(26)13-7-14-18(10(2)3)24-30-19(14)22-8-13/h7-8,10,23H,6,9H2,1-5H3. The van der Waals surface area contributed by atoms with Gasteiger partial charge in [-0.1, -0.05) is 19.0 Å². The van der Waals surface area contributed by atoms with E-state index < -0.39 is 24.3 Å². The highest BCUT2D eigenvalue weighted by molar-refractivity contribution is 6.09. The van der Waals surface area contributed by atoms with Crippen LogP contribution < -0.4 is 0 Å². The fourth-order valence-electron chi connectivity index (χ4n) is 3.25. The van der Waals surface area contributed by atoms with Crippen molar-refractivity contribution in [1.82, 2.24) is 15.1 Å². The number of ether oxygens (including phenoxy) is 2. The SMILES string of the molecule is CCOC(=O)c1c(C)[nH]c(C)c1C(=O)COC(=O)c1cnc2onc(C(C)C)c2c1. The lowest BCUT2D eigenvalue weighted by atomic mass is 10.1. The minimum Gasteiger partial charge on any atom is -0.462 e. The van der Waals surface area contributed by atoms with Crippen LogP contribution in [0.2, 0.25) is 0 Å². The fraction of sp³-hybridized carbons (Fsp3) is 0.381. The predicted octanol–water partition coefficient (Wildman–Crippen LogP) is 3.51. The predicted molar refractivity (Wildman–Crippen MR) is 107 cm³/mol. The molecular formula is C21H23N3O6. The summed E-state index contributed by atoms with van der Waals surface area (Å²) in [4.78, 5) is 44.5. The second-order valence-corrected chi connectivity index (χ2v) is 7.14. The summed E-state index contributed by atoms with van der Waals surface area (Å²) in [5.74, 6) is -1.73. The summed E-state index contributed by atoms with van der Waals surface area (Å²) in [7, 11) is 0. The Morgan fingerprint density at radius 2 is 1.80 bits per heavy atom. The van der Waals surface area contributed by atoms with Gasteiger partial charge in [-0.2, -0.15) is 0 Å². The molecule has 0 unspecified atom stereocenters. The highest BCUT2D eigenvalue weighted by Gasteiger charge is 2.26. The molecule has 1 N–H and O–H groups in total. The Morgan fingerprint density at radius 3 is 2.47 bits per heavy atom. The first kappa shape index (κ1) is 21.2. The molecule has 0 atom stereocenters. The van der Waals surface area contributed by atoms with Crippen LogP contribution in [0.15, 0.2) is 16.8 Å². The smallest absolute Gasteiger partial charge is 0.340 e. The zero-order valence-corrected chi connectivity index (χ0v) is 17.5. The molecule has 158 valence electrons. The molecule has 0 saturated heterocycles. The van der Waals surface area contributed by atoms with Crippen LogP contribution in [0, 0.1) is 13.8 Å². The van der Waals surface area contributed by atoms with Crippen molar-refractivity contribution in [2.24, 2.45) is 0 Å². The first-order valence-corrected chi connectivity index (χ1v) is 9.56. The molecule has 0 aliphatic heterocycles. The number of aromatic amines is 1. The van der Waals surface area contributed by atoms with Crippen LogP contribution in [-0.4, -0.2) is 46.1 Å². The zero-order chi connectivity index (χ0) is 22.0. The molecule has 0 radical (unpaired) electrons. The summed E-state index contributed by atoms with van der Waals surface area (Å²) in [6, 6.07) is 1.58. The van der Waals surface area contributed by atoms with Crippen molar-refractivity contribution in [3.8, 4) is 0 Å². The van der Waals surface area contributed by atoms with Crippen molar-refractivity contribution in [2.45, 2.75) is 40.5 Å². The van der Waals surface area contributed by atoms with Crippen molar-refractivity contribution in [2.75, 3.05) is 13.2 Å². The average Bonchev–Trinajstić information content (AvgIpc) is 3.25. The quantitative estimate of drug-likeness (QED) is 0.461. The summed E-state index contributed by atoms with van der Waals surface area (Å²) in [5, 5.41) is 4.59. The summed E-state index contributed by atoms with van der Waals surface area (Å²) < 4.78 is 15.4. The molecule has 0 spiro atoms. The third kappa shape index (κ3) is 3.96. The number of Topliss-reactive ketones (excluding diaryl/α,β-unsaturated/α-hetero) is 1. The van der Waals surface area contributed by atoms with Crippen molar-refractivity contribution in [1.29, 1.82) is 0 Å². The first-order chi connectivity index (χ1) is 14.2. The number of aromatic nitrogens is 3. The normalized spacial score (nSPS) is 11.1. The molecule has 3 rings (SSSR count). The van der Waals surface area contributed by atoms with Crippen molar-refractivity contribution >= 4 is 28.8 Å². The minimum absolute atomic E-state index is 0.0852. The van der Waals surface area contributed by atoms with E-state index in [-0.39, 0.29) is 29.2 Å². The molecule has 9 nitrogen and oxygen atoms in total. The van der Waals surface area contributed by atoms with Crippen LogP contribution in [0.5, 0.6) is 0 Å². The van der Waals surface area contributed by atoms with E-state index in [0.717, 1.165) is 0 Å². The lowest BCUT2D eigenvalue weighted by Gasteiger charge is -2.07. The first-order valence-electron chi connectivity index (χ1n) is 9.56. The van der Waals surface area contributed by atoms with E-state index in [1.807, 2.05) is 13.8 Å². The number of ketones is 1. The molecule has 0 fully saturated rings. The third-order valence-electron chi connectivity index (χ3n) is 4.61. The van der Waals surface area contributed by atoms with Gasteiger partial charge < -0.3 is 19.0 Å². The van der Waals surface area contributed by atoms with Gasteiger partial charge in [0, 0.05) is 17.6 Å². The minimum atomic E-state index is -0.712. The van der Waals surface area contributed by atoms with Crippen LogP contribution in [0.3, 0.4) is 0 Å². The maximum absolute atomic E-state index is 12.7. The maximum Gasteiger partial charge on any atom is 0.340 e. The fourth-order valence-corrected chi connectivity index (χ4v) is 3.25. The number of carbonyl (C=O) groups excluding carboxylic acids is 3. The number of aryl methyl sites for hydroxylation is 2. The third-order valence-corrected chi connectivity index (χ3v) is 4.61. The second kappa shape index (κ2) is 8.48. The van der Waals surface area contributed by atoms with Gasteiger partial charge in [0.15, 0.2) is 6.61 Å². The Kier molecular flexibility index (Phi) is 6.00. The highest BCUT2D eigenvalue weighted by atomic mass is 16.5. The van der Waals surface area contributed by atoms with Crippen molar-refractivity contribution in [3.05, 3.63) is 46.0 Å². The number of carbonyl (C=O) groups is 3. The van der Waals surface area contributed by atoms with E-state index in [9.17, 15) is 14.4 Å². The Hall–Kier alpha value is -3.49. The summed E-state index contributed by atoms with van der Waals surface area (Å²) >= 11 is 0. The Bertz CT molecular complexity index is 1130. The van der Waals surface area contributed by atoms with E-state index in [1.165, 1.54) is 6.20 Å². The van der Waals surface area contributed by atoms with Gasteiger partial charge in [0.25, 0.3) is 5.71 Å². The lowest BCUT2D eigenvalue weighted by molar-refractivity contribution is 0.0472. The monoisotopic (exact) mass is 413 g/mol. The Balaban J connectivity index is 1.78. The number of esters is 2. The van der Waals surface area contributed by atoms with Gasteiger partial charge in [-0.3, -0.25) is 4.79 Å². The summed E-state index contributed by atoms with van der Waals surface area (Å²) in [5.41, 5.74) is 2.52. The number of H-pyrrole nitrogens is 1. The summed E-state index contributed by atoms with van der Waals surface area (Å²) in [6.45, 7) is 8.58. The van der Waals surface area contributed by atoms with Crippen LogP contribution in [0.25, 0.3) is 11.1 Å². The molecule has 9 heteroatoms. The Labute approximate surface area is 172 Å². The van der Waals surface area contributed by atoms with E-state index in [4.69, 9.17) is 14.0 Å². The number of rotatable bonds is 7. The number of nitrogens with zero attached hydrogens (tertiary/aromatic N) is 2. The summed E-state index contributed by atoms with van der Waals surface area (Å²) in [6.07, 6.45) is 1.31.